The summed E-state index contributed by atoms with van der Waals surface area (Å²) in [6, 6.07) is -0.911. The molecule has 2 rings (SSSR count). The molecule has 0 radical (unpaired) electrons. The molecule has 2 amide bonds. The minimum Gasteiger partial charge on any atom is -0.480 e. The second kappa shape index (κ2) is 6.23. The smallest absolute Gasteiger partial charge is 0.326 e. The molecular weight excluding hydrogens is 248 g/mol. The van der Waals surface area contributed by atoms with E-state index in [1.54, 1.807) is 11.9 Å². The van der Waals surface area contributed by atoms with Crippen molar-refractivity contribution in [1.29, 1.82) is 0 Å². The molecule has 6 nitrogen and oxygen atoms in total. The molecule has 0 aromatic heterocycles. The molecule has 1 aliphatic heterocycles. The quantitative estimate of drug-likeness (QED) is 0.783. The molecule has 2 aliphatic rings. The van der Waals surface area contributed by atoms with Crippen molar-refractivity contribution in [2.45, 2.75) is 44.2 Å². The summed E-state index contributed by atoms with van der Waals surface area (Å²) in [4.78, 5) is 24.8. The molecule has 19 heavy (non-hydrogen) atoms. The normalized spacial score (nSPS) is 21.7. The van der Waals surface area contributed by atoms with Gasteiger partial charge in [-0.2, -0.15) is 0 Å². The van der Waals surface area contributed by atoms with Crippen LogP contribution in [0.4, 0.5) is 4.79 Å². The third-order valence-electron chi connectivity index (χ3n) is 3.92. The number of aliphatic carboxylic acids is 1. The van der Waals surface area contributed by atoms with Gasteiger partial charge >= 0.3 is 12.0 Å². The monoisotopic (exact) mass is 270 g/mol. The van der Waals surface area contributed by atoms with E-state index < -0.39 is 12.0 Å². The minimum atomic E-state index is -0.944. The van der Waals surface area contributed by atoms with Crippen LogP contribution in [-0.2, 0) is 9.53 Å². The van der Waals surface area contributed by atoms with Crippen LogP contribution in [-0.4, -0.2) is 54.4 Å². The first-order chi connectivity index (χ1) is 9.08. The molecule has 1 aliphatic carbocycles. The molecule has 1 saturated heterocycles. The molecular formula is C13H22N2O4. The lowest BCUT2D eigenvalue weighted by atomic mass is 10.1. The first-order valence-corrected chi connectivity index (χ1v) is 6.92. The van der Waals surface area contributed by atoms with Crippen molar-refractivity contribution in [3.8, 4) is 0 Å². The van der Waals surface area contributed by atoms with Crippen LogP contribution in [0.2, 0.25) is 0 Å². The van der Waals surface area contributed by atoms with Gasteiger partial charge in [0, 0.05) is 26.3 Å². The fourth-order valence-corrected chi connectivity index (χ4v) is 2.40. The molecule has 0 unspecified atom stereocenters. The SMILES string of the molecule is CN(C(=O)N[C@@H](CC1CC1)C(=O)O)C1CCOCC1. The number of carbonyl (C=O) groups excluding carboxylic acids is 1. The van der Waals surface area contributed by atoms with Crippen LogP contribution in [0.3, 0.4) is 0 Å². The summed E-state index contributed by atoms with van der Waals surface area (Å²) < 4.78 is 5.26. The highest BCUT2D eigenvalue weighted by molar-refractivity contribution is 5.82. The van der Waals surface area contributed by atoms with E-state index in [2.05, 4.69) is 5.32 Å². The van der Waals surface area contributed by atoms with Gasteiger partial charge in [0.2, 0.25) is 0 Å². The molecule has 0 spiro atoms. The van der Waals surface area contributed by atoms with Gasteiger partial charge in [0.05, 0.1) is 0 Å². The number of ether oxygens (including phenoxy) is 1. The fourth-order valence-electron chi connectivity index (χ4n) is 2.40. The van der Waals surface area contributed by atoms with Crippen LogP contribution in [0.5, 0.6) is 0 Å². The average Bonchev–Trinajstić information content (AvgIpc) is 3.22. The fraction of sp³-hybridized carbons (Fsp3) is 0.846. The summed E-state index contributed by atoms with van der Waals surface area (Å²) in [5.74, 6) is -0.476. The van der Waals surface area contributed by atoms with Crippen molar-refractivity contribution in [3.05, 3.63) is 0 Å². The lowest BCUT2D eigenvalue weighted by Crippen LogP contribution is -2.51. The van der Waals surface area contributed by atoms with Crippen molar-refractivity contribution in [2.24, 2.45) is 5.92 Å². The van der Waals surface area contributed by atoms with E-state index in [0.717, 1.165) is 25.7 Å². The van der Waals surface area contributed by atoms with Crippen LogP contribution in [0, 0.1) is 5.92 Å². The van der Waals surface area contributed by atoms with E-state index in [1.165, 1.54) is 0 Å². The van der Waals surface area contributed by atoms with Gasteiger partial charge in [0.1, 0.15) is 6.04 Å². The van der Waals surface area contributed by atoms with Gasteiger partial charge in [-0.05, 0) is 25.2 Å². The van der Waals surface area contributed by atoms with E-state index in [9.17, 15) is 9.59 Å². The summed E-state index contributed by atoms with van der Waals surface area (Å²) in [7, 11) is 1.72. The van der Waals surface area contributed by atoms with E-state index >= 15 is 0 Å². The lowest BCUT2D eigenvalue weighted by molar-refractivity contribution is -0.139. The summed E-state index contributed by atoms with van der Waals surface area (Å²) in [5.41, 5.74) is 0. The van der Waals surface area contributed by atoms with E-state index in [0.29, 0.717) is 25.6 Å². The molecule has 2 fully saturated rings. The van der Waals surface area contributed by atoms with Crippen molar-refractivity contribution in [1.82, 2.24) is 10.2 Å². The van der Waals surface area contributed by atoms with Crippen LogP contribution in [0.1, 0.15) is 32.1 Å². The first kappa shape index (κ1) is 14.1. The Bertz CT molecular complexity index is 338. The van der Waals surface area contributed by atoms with Gasteiger partial charge in [-0.15, -0.1) is 0 Å². The van der Waals surface area contributed by atoms with Crippen LogP contribution in [0.25, 0.3) is 0 Å². The van der Waals surface area contributed by atoms with Crippen LogP contribution >= 0.6 is 0 Å². The van der Waals surface area contributed by atoms with Gasteiger partial charge in [0.25, 0.3) is 0 Å². The van der Waals surface area contributed by atoms with Gasteiger partial charge in [-0.1, -0.05) is 12.8 Å². The molecule has 6 heteroatoms. The van der Waals surface area contributed by atoms with E-state index in [-0.39, 0.29) is 12.1 Å². The molecule has 0 aromatic rings. The van der Waals surface area contributed by atoms with Crippen LogP contribution in [0.15, 0.2) is 0 Å². The zero-order chi connectivity index (χ0) is 13.8. The maximum absolute atomic E-state index is 12.1. The highest BCUT2D eigenvalue weighted by Crippen LogP contribution is 2.33. The Labute approximate surface area is 113 Å². The first-order valence-electron chi connectivity index (χ1n) is 6.92. The number of urea groups is 1. The molecule has 1 saturated carbocycles. The number of hydrogen-bond donors (Lipinski definition) is 2. The maximum Gasteiger partial charge on any atom is 0.326 e. The Balaban J connectivity index is 1.84. The highest BCUT2D eigenvalue weighted by atomic mass is 16.5. The van der Waals surface area contributed by atoms with Gasteiger partial charge in [-0.3, -0.25) is 0 Å². The average molecular weight is 270 g/mol. The summed E-state index contributed by atoms with van der Waals surface area (Å²) >= 11 is 0. The molecule has 108 valence electrons. The van der Waals surface area contributed by atoms with Crippen LogP contribution < -0.4 is 5.32 Å². The Morgan fingerprint density at radius 2 is 1.95 bits per heavy atom. The number of carbonyl (C=O) groups is 2. The predicted molar refractivity (Wildman–Crippen MR) is 68.9 cm³/mol. The summed E-state index contributed by atoms with van der Waals surface area (Å²) in [6.07, 6.45) is 4.32. The zero-order valence-corrected chi connectivity index (χ0v) is 11.3. The van der Waals surface area contributed by atoms with Crippen molar-refractivity contribution in [2.75, 3.05) is 20.3 Å². The second-order valence-electron chi connectivity index (χ2n) is 5.47. The number of rotatable bonds is 5. The number of amides is 2. The number of nitrogens with zero attached hydrogens (tertiary/aromatic N) is 1. The van der Waals surface area contributed by atoms with E-state index in [4.69, 9.17) is 9.84 Å². The Morgan fingerprint density at radius 3 is 2.47 bits per heavy atom. The largest absolute Gasteiger partial charge is 0.480 e. The van der Waals surface area contributed by atoms with Gasteiger partial charge in [0.15, 0.2) is 0 Å². The number of nitrogens with one attached hydrogen (secondary N) is 1. The Morgan fingerprint density at radius 1 is 1.32 bits per heavy atom. The lowest BCUT2D eigenvalue weighted by Gasteiger charge is -2.32. The number of carboxylic acids is 1. The Hall–Kier alpha value is -1.30. The predicted octanol–water partition coefficient (Wildman–Crippen LogP) is 1.06. The number of carboxylic acid groups (broad SMARTS) is 1. The second-order valence-corrected chi connectivity index (χ2v) is 5.47. The molecule has 1 heterocycles. The van der Waals surface area contributed by atoms with Crippen molar-refractivity contribution >= 4 is 12.0 Å². The van der Waals surface area contributed by atoms with Crippen molar-refractivity contribution in [3.63, 3.8) is 0 Å². The molecule has 0 aromatic carbocycles. The third-order valence-corrected chi connectivity index (χ3v) is 3.92. The number of hydrogen-bond acceptors (Lipinski definition) is 3. The topological polar surface area (TPSA) is 78.9 Å². The van der Waals surface area contributed by atoms with Crippen molar-refractivity contribution < 1.29 is 19.4 Å². The summed E-state index contributed by atoms with van der Waals surface area (Å²) in [5, 5.41) is 11.8. The van der Waals surface area contributed by atoms with Gasteiger partial charge < -0.3 is 20.1 Å². The summed E-state index contributed by atoms with van der Waals surface area (Å²) in [6.45, 7) is 1.32. The minimum absolute atomic E-state index is 0.143. The molecule has 2 N–H and O–H groups in total. The van der Waals surface area contributed by atoms with Gasteiger partial charge in [-0.25, -0.2) is 9.59 Å². The highest BCUT2D eigenvalue weighted by Gasteiger charge is 2.32. The Kier molecular flexibility index (Phi) is 4.63. The molecule has 0 bridgehead atoms. The van der Waals surface area contributed by atoms with E-state index in [1.807, 2.05) is 0 Å². The standard InChI is InChI=1S/C13H22N2O4/c1-15(10-4-6-19-7-5-10)13(18)14-11(12(16)17)8-9-2-3-9/h9-11H,2-8H2,1H3,(H,14,18)(H,16,17)/t11-/m0/s1. The molecule has 1 atom stereocenters. The third kappa shape index (κ3) is 4.09. The zero-order valence-electron chi connectivity index (χ0n) is 11.3. The maximum atomic E-state index is 12.1.